The lowest BCUT2D eigenvalue weighted by Crippen LogP contribution is -2.45. The van der Waals surface area contributed by atoms with Gasteiger partial charge in [0.05, 0.1) is 32.5 Å². The van der Waals surface area contributed by atoms with Crippen molar-refractivity contribution in [3.63, 3.8) is 0 Å². The first-order chi connectivity index (χ1) is 13.0. The Labute approximate surface area is 160 Å². The third-order valence-corrected chi connectivity index (χ3v) is 4.82. The van der Waals surface area contributed by atoms with Crippen molar-refractivity contribution < 1.29 is 14.3 Å². The van der Waals surface area contributed by atoms with Gasteiger partial charge in [0.1, 0.15) is 6.10 Å². The van der Waals surface area contributed by atoms with Gasteiger partial charge in [-0.25, -0.2) is 0 Å². The average Bonchev–Trinajstić information content (AvgIpc) is 2.68. The average molecular weight is 369 g/mol. The molecule has 2 heterocycles. The number of carbonyl (C=O) groups excluding carboxylic acids is 1. The van der Waals surface area contributed by atoms with Gasteiger partial charge in [0.25, 0.3) is 0 Å². The van der Waals surface area contributed by atoms with E-state index in [4.69, 9.17) is 9.47 Å². The van der Waals surface area contributed by atoms with Crippen LogP contribution in [0.1, 0.15) is 43.7 Å². The molecular weight excluding hydrogens is 342 g/mol. The van der Waals surface area contributed by atoms with E-state index >= 15 is 0 Å². The quantitative estimate of drug-likeness (QED) is 0.782. The zero-order valence-corrected chi connectivity index (χ0v) is 16.2. The lowest BCUT2D eigenvalue weighted by Gasteiger charge is -2.32. The number of amides is 1. The minimum absolute atomic E-state index is 0.0765. The monoisotopic (exact) mass is 369 g/mol. The third-order valence-electron chi connectivity index (χ3n) is 4.82. The Hall–Kier alpha value is -2.63. The SMILES string of the molecule is COc1cncc(OC2CCCN(C(=O)Cc3ccc(C(C)C)cc3)C2)n1. The van der Waals surface area contributed by atoms with Crippen LogP contribution in [-0.4, -0.2) is 47.1 Å². The Kier molecular flexibility index (Phi) is 6.27. The largest absolute Gasteiger partial charge is 0.480 e. The number of methoxy groups -OCH3 is 1. The Balaban J connectivity index is 1.57. The second-order valence-electron chi connectivity index (χ2n) is 7.19. The summed E-state index contributed by atoms with van der Waals surface area (Å²) < 4.78 is 11.0. The minimum Gasteiger partial charge on any atom is -0.480 e. The predicted octanol–water partition coefficient (Wildman–Crippen LogP) is 3.22. The van der Waals surface area contributed by atoms with Gasteiger partial charge in [-0.1, -0.05) is 38.1 Å². The van der Waals surface area contributed by atoms with Crippen LogP contribution >= 0.6 is 0 Å². The molecule has 144 valence electrons. The molecule has 0 N–H and O–H groups in total. The highest BCUT2D eigenvalue weighted by Crippen LogP contribution is 2.20. The maximum atomic E-state index is 12.7. The first kappa shape index (κ1) is 19.1. The van der Waals surface area contributed by atoms with E-state index in [1.165, 1.54) is 11.8 Å². The van der Waals surface area contributed by atoms with Crippen molar-refractivity contribution in [3.05, 3.63) is 47.8 Å². The fourth-order valence-electron chi connectivity index (χ4n) is 3.22. The maximum Gasteiger partial charge on any atom is 0.235 e. The molecule has 27 heavy (non-hydrogen) atoms. The van der Waals surface area contributed by atoms with Crippen molar-refractivity contribution in [2.24, 2.45) is 0 Å². The Morgan fingerprint density at radius 2 is 1.96 bits per heavy atom. The van der Waals surface area contributed by atoms with E-state index in [0.29, 0.717) is 30.6 Å². The Morgan fingerprint density at radius 1 is 1.22 bits per heavy atom. The van der Waals surface area contributed by atoms with E-state index in [0.717, 1.165) is 24.9 Å². The number of nitrogens with zero attached hydrogens (tertiary/aromatic N) is 3. The lowest BCUT2D eigenvalue weighted by atomic mass is 10.0. The summed E-state index contributed by atoms with van der Waals surface area (Å²) in [6, 6.07) is 8.32. The van der Waals surface area contributed by atoms with Crippen LogP contribution in [0.25, 0.3) is 0 Å². The highest BCUT2D eigenvalue weighted by molar-refractivity contribution is 5.79. The van der Waals surface area contributed by atoms with Crippen LogP contribution in [0.2, 0.25) is 0 Å². The molecule has 0 saturated carbocycles. The van der Waals surface area contributed by atoms with Gasteiger partial charge in [0.2, 0.25) is 17.7 Å². The van der Waals surface area contributed by atoms with Gasteiger partial charge < -0.3 is 14.4 Å². The first-order valence-electron chi connectivity index (χ1n) is 9.44. The van der Waals surface area contributed by atoms with Crippen molar-refractivity contribution in [2.75, 3.05) is 20.2 Å². The van der Waals surface area contributed by atoms with E-state index in [2.05, 4.69) is 48.1 Å². The number of likely N-dealkylation sites (tertiary alicyclic amines) is 1. The van der Waals surface area contributed by atoms with E-state index in [9.17, 15) is 4.79 Å². The second kappa shape index (κ2) is 8.84. The normalized spacial score (nSPS) is 17.0. The molecule has 0 bridgehead atoms. The molecule has 1 aliphatic rings. The molecular formula is C21H27N3O3. The molecule has 1 fully saturated rings. The molecule has 2 aromatic rings. The van der Waals surface area contributed by atoms with E-state index < -0.39 is 0 Å². The highest BCUT2D eigenvalue weighted by atomic mass is 16.5. The number of hydrogen-bond acceptors (Lipinski definition) is 5. The summed E-state index contributed by atoms with van der Waals surface area (Å²) in [6.07, 6.45) is 5.26. The van der Waals surface area contributed by atoms with Gasteiger partial charge in [-0.15, -0.1) is 0 Å². The summed E-state index contributed by atoms with van der Waals surface area (Å²) >= 11 is 0. The molecule has 1 unspecified atom stereocenters. The molecule has 1 amide bonds. The highest BCUT2D eigenvalue weighted by Gasteiger charge is 2.25. The molecule has 1 saturated heterocycles. The zero-order chi connectivity index (χ0) is 19.2. The van der Waals surface area contributed by atoms with Crippen LogP contribution < -0.4 is 9.47 Å². The van der Waals surface area contributed by atoms with Gasteiger partial charge in [-0.2, -0.15) is 4.98 Å². The molecule has 1 aliphatic heterocycles. The molecule has 6 heteroatoms. The second-order valence-corrected chi connectivity index (χ2v) is 7.19. The van der Waals surface area contributed by atoms with Gasteiger partial charge >= 0.3 is 0 Å². The smallest absolute Gasteiger partial charge is 0.235 e. The number of hydrogen-bond donors (Lipinski definition) is 0. The van der Waals surface area contributed by atoms with Gasteiger partial charge in [-0.3, -0.25) is 9.78 Å². The van der Waals surface area contributed by atoms with Crippen LogP contribution in [0.5, 0.6) is 11.8 Å². The molecule has 1 aromatic carbocycles. The summed E-state index contributed by atoms with van der Waals surface area (Å²) in [4.78, 5) is 22.9. The minimum atomic E-state index is -0.0765. The number of piperidine rings is 1. The zero-order valence-electron chi connectivity index (χ0n) is 16.2. The summed E-state index contributed by atoms with van der Waals surface area (Å²) in [5.74, 6) is 1.48. The number of aromatic nitrogens is 2. The number of rotatable bonds is 6. The molecule has 1 aromatic heterocycles. The van der Waals surface area contributed by atoms with Crippen molar-refractivity contribution in [1.82, 2.24) is 14.9 Å². The summed E-state index contributed by atoms with van der Waals surface area (Å²) in [6.45, 7) is 5.68. The Bertz CT molecular complexity index is 762. The van der Waals surface area contributed by atoms with Crippen LogP contribution in [0.15, 0.2) is 36.7 Å². The van der Waals surface area contributed by atoms with Crippen molar-refractivity contribution >= 4 is 5.91 Å². The van der Waals surface area contributed by atoms with Crippen molar-refractivity contribution in [3.8, 4) is 11.8 Å². The van der Waals surface area contributed by atoms with Crippen molar-refractivity contribution in [2.45, 2.75) is 45.1 Å². The van der Waals surface area contributed by atoms with E-state index in [1.807, 2.05) is 4.90 Å². The maximum absolute atomic E-state index is 12.7. The standard InChI is InChI=1S/C21H27N3O3/c1-15(2)17-8-6-16(7-9-17)11-21(25)24-10-4-5-18(14-24)27-20-13-22-12-19(23-20)26-3/h6-9,12-13,15,18H,4-5,10-11,14H2,1-3H3. The molecule has 0 spiro atoms. The molecule has 3 rings (SSSR count). The predicted molar refractivity (Wildman–Crippen MR) is 103 cm³/mol. The van der Waals surface area contributed by atoms with Crippen LogP contribution in [0, 0.1) is 0 Å². The van der Waals surface area contributed by atoms with Crippen molar-refractivity contribution in [1.29, 1.82) is 0 Å². The van der Waals surface area contributed by atoms with Gasteiger partial charge in [0.15, 0.2) is 0 Å². The fourth-order valence-corrected chi connectivity index (χ4v) is 3.22. The van der Waals surface area contributed by atoms with Gasteiger partial charge in [0, 0.05) is 6.54 Å². The van der Waals surface area contributed by atoms with Gasteiger partial charge in [-0.05, 0) is 29.9 Å². The van der Waals surface area contributed by atoms with Crippen LogP contribution in [0.3, 0.4) is 0 Å². The van der Waals surface area contributed by atoms with E-state index in [-0.39, 0.29) is 12.0 Å². The number of benzene rings is 1. The fraction of sp³-hybridized carbons (Fsp3) is 0.476. The van der Waals surface area contributed by atoms with E-state index in [1.54, 1.807) is 13.3 Å². The molecule has 6 nitrogen and oxygen atoms in total. The van der Waals surface area contributed by atoms with Crippen LogP contribution in [-0.2, 0) is 11.2 Å². The molecule has 0 aliphatic carbocycles. The summed E-state index contributed by atoms with van der Waals surface area (Å²) in [5, 5.41) is 0. The molecule has 1 atom stereocenters. The number of ether oxygens (including phenoxy) is 2. The van der Waals surface area contributed by atoms with Crippen LogP contribution in [0.4, 0.5) is 0 Å². The third kappa shape index (κ3) is 5.18. The topological polar surface area (TPSA) is 64.6 Å². The summed E-state index contributed by atoms with van der Waals surface area (Å²) in [7, 11) is 1.54. The lowest BCUT2D eigenvalue weighted by molar-refractivity contribution is -0.133. The number of carbonyl (C=O) groups is 1. The Morgan fingerprint density at radius 3 is 2.67 bits per heavy atom. The molecule has 0 radical (unpaired) electrons. The first-order valence-corrected chi connectivity index (χ1v) is 9.44. The summed E-state index contributed by atoms with van der Waals surface area (Å²) in [5.41, 5.74) is 2.34.